The molecule has 9 heteroatoms. The number of nitrogens with one attached hydrogen (secondary N) is 1. The summed E-state index contributed by atoms with van der Waals surface area (Å²) in [5.74, 6) is -2.59. The number of fused-ring (bicyclic) bond motifs is 1. The number of aryl methyl sites for hydroxylation is 4. The molecule has 0 bridgehead atoms. The van der Waals surface area contributed by atoms with Crippen molar-refractivity contribution in [1.82, 2.24) is 14.1 Å². The Balaban J connectivity index is 1.79. The number of aromatic amines is 1. The molecule has 188 valence electrons. The van der Waals surface area contributed by atoms with Crippen LogP contribution in [-0.4, -0.2) is 14.1 Å². The zero-order valence-electron chi connectivity index (χ0n) is 20.4. The molecule has 3 heterocycles. The van der Waals surface area contributed by atoms with Crippen LogP contribution in [0.15, 0.2) is 64.4 Å². The van der Waals surface area contributed by atoms with Gasteiger partial charge >= 0.3 is 0 Å². The third kappa shape index (κ3) is 4.12. The third-order valence-corrected chi connectivity index (χ3v) is 6.35. The van der Waals surface area contributed by atoms with E-state index in [1.165, 1.54) is 34.5 Å². The Kier molecular flexibility index (Phi) is 5.78. The van der Waals surface area contributed by atoms with E-state index in [2.05, 4.69) is 4.98 Å². The van der Waals surface area contributed by atoms with Gasteiger partial charge in [0.1, 0.15) is 17.1 Å². The van der Waals surface area contributed by atoms with Gasteiger partial charge in [0.2, 0.25) is 0 Å². The molecule has 0 spiro atoms. The highest BCUT2D eigenvalue weighted by Gasteiger charge is 2.21. The van der Waals surface area contributed by atoms with Crippen LogP contribution in [0, 0.1) is 31.3 Å². The summed E-state index contributed by atoms with van der Waals surface area (Å²) >= 11 is 0. The van der Waals surface area contributed by atoms with Crippen molar-refractivity contribution >= 4 is 10.9 Å². The van der Waals surface area contributed by atoms with Crippen molar-refractivity contribution in [1.29, 1.82) is 0 Å². The molecule has 37 heavy (non-hydrogen) atoms. The molecule has 0 unspecified atom stereocenters. The average Bonchev–Trinajstić information content (AvgIpc) is 3.29. The number of pyridine rings is 2. The van der Waals surface area contributed by atoms with Gasteiger partial charge in [-0.1, -0.05) is 18.2 Å². The Labute approximate surface area is 209 Å². The smallest absolute Gasteiger partial charge is 0.274 e. The van der Waals surface area contributed by atoms with E-state index in [1.54, 1.807) is 13.2 Å². The number of benzene rings is 2. The van der Waals surface area contributed by atoms with Crippen molar-refractivity contribution in [3.8, 4) is 33.9 Å². The van der Waals surface area contributed by atoms with E-state index in [4.69, 9.17) is 4.74 Å². The van der Waals surface area contributed by atoms with Crippen LogP contribution in [0.4, 0.5) is 13.2 Å². The van der Waals surface area contributed by atoms with Gasteiger partial charge in [-0.25, -0.2) is 13.2 Å². The van der Waals surface area contributed by atoms with Crippen molar-refractivity contribution in [3.05, 3.63) is 104 Å². The number of para-hydroxylation sites is 1. The molecule has 0 atom stereocenters. The number of H-pyrrole nitrogens is 1. The summed E-state index contributed by atoms with van der Waals surface area (Å²) < 4.78 is 51.4. The molecule has 0 fully saturated rings. The molecular weight excluding hydrogens is 483 g/mol. The first-order chi connectivity index (χ1) is 17.5. The van der Waals surface area contributed by atoms with Crippen LogP contribution in [-0.2, 0) is 14.1 Å². The van der Waals surface area contributed by atoms with E-state index in [-0.39, 0.29) is 22.3 Å². The molecule has 5 aromatic rings. The van der Waals surface area contributed by atoms with Gasteiger partial charge < -0.3 is 18.9 Å². The Morgan fingerprint density at radius 3 is 2.24 bits per heavy atom. The minimum Gasteiger partial charge on any atom is -0.455 e. The van der Waals surface area contributed by atoms with Gasteiger partial charge in [-0.3, -0.25) is 9.59 Å². The minimum atomic E-state index is -1.35. The second kappa shape index (κ2) is 8.85. The maximum atomic E-state index is 14.6. The van der Waals surface area contributed by atoms with Crippen LogP contribution in [0.1, 0.15) is 11.1 Å². The lowest BCUT2D eigenvalue weighted by Gasteiger charge is -2.17. The van der Waals surface area contributed by atoms with Gasteiger partial charge in [0.25, 0.3) is 11.1 Å². The summed E-state index contributed by atoms with van der Waals surface area (Å²) in [7, 11) is 3.12. The molecular formula is C28H22F3N3O3. The lowest BCUT2D eigenvalue weighted by Crippen LogP contribution is -2.18. The SMILES string of the molecule is Cc1cccc(C)c1Oc1cn(C)c(=O)cc1-c1cn(C)c(=O)c2[nH]c(-c3cc(F)cc(F)c3F)cc12. The molecule has 2 aromatic carbocycles. The van der Waals surface area contributed by atoms with Gasteiger partial charge in [-0.15, -0.1) is 0 Å². The van der Waals surface area contributed by atoms with E-state index in [9.17, 15) is 22.8 Å². The lowest BCUT2D eigenvalue weighted by atomic mass is 10.0. The van der Waals surface area contributed by atoms with E-state index in [1.807, 2.05) is 32.0 Å². The van der Waals surface area contributed by atoms with E-state index in [0.717, 1.165) is 17.2 Å². The summed E-state index contributed by atoms with van der Waals surface area (Å²) in [6, 6.07) is 9.83. The molecule has 1 N–H and O–H groups in total. The largest absolute Gasteiger partial charge is 0.455 e. The van der Waals surface area contributed by atoms with Crippen molar-refractivity contribution in [2.24, 2.45) is 14.1 Å². The summed E-state index contributed by atoms with van der Waals surface area (Å²) in [5, 5.41) is 0.335. The topological polar surface area (TPSA) is 69.0 Å². The van der Waals surface area contributed by atoms with Crippen molar-refractivity contribution < 1.29 is 17.9 Å². The maximum Gasteiger partial charge on any atom is 0.274 e. The van der Waals surface area contributed by atoms with Gasteiger partial charge in [0.05, 0.1) is 6.20 Å². The first-order valence-electron chi connectivity index (χ1n) is 11.4. The number of nitrogens with zero attached hydrogens (tertiary/aromatic N) is 2. The minimum absolute atomic E-state index is 0.0106. The first-order valence-corrected chi connectivity index (χ1v) is 11.4. The van der Waals surface area contributed by atoms with Crippen LogP contribution >= 0.6 is 0 Å². The Hall–Kier alpha value is -4.53. The summed E-state index contributed by atoms with van der Waals surface area (Å²) in [6.45, 7) is 3.80. The highest BCUT2D eigenvalue weighted by atomic mass is 19.2. The third-order valence-electron chi connectivity index (χ3n) is 6.35. The Bertz CT molecular complexity index is 1810. The fraction of sp³-hybridized carbons (Fsp3) is 0.143. The molecule has 0 aliphatic rings. The van der Waals surface area contributed by atoms with Crippen molar-refractivity contribution in [2.45, 2.75) is 13.8 Å². The normalized spacial score (nSPS) is 11.3. The van der Waals surface area contributed by atoms with E-state index < -0.39 is 23.0 Å². The van der Waals surface area contributed by atoms with Crippen molar-refractivity contribution in [3.63, 3.8) is 0 Å². The van der Waals surface area contributed by atoms with Crippen molar-refractivity contribution in [2.75, 3.05) is 0 Å². The maximum absolute atomic E-state index is 14.6. The molecule has 0 aliphatic carbocycles. The molecule has 6 nitrogen and oxygen atoms in total. The molecule has 0 saturated carbocycles. The predicted molar refractivity (Wildman–Crippen MR) is 136 cm³/mol. The van der Waals surface area contributed by atoms with Crippen LogP contribution in [0.3, 0.4) is 0 Å². The van der Waals surface area contributed by atoms with Crippen LogP contribution in [0.5, 0.6) is 11.5 Å². The second-order valence-electron chi connectivity index (χ2n) is 9.00. The van der Waals surface area contributed by atoms with E-state index >= 15 is 0 Å². The van der Waals surface area contributed by atoms with Crippen LogP contribution in [0.25, 0.3) is 33.3 Å². The average molecular weight is 505 g/mol. The second-order valence-corrected chi connectivity index (χ2v) is 9.00. The fourth-order valence-corrected chi connectivity index (χ4v) is 4.41. The standard InChI is InChI=1S/C28H22F3N3O3/c1-14-6-5-7-15(2)27(14)37-23-13-33(3)24(35)11-17(23)20-12-34(4)28(36)26-18(20)10-22(32-26)19-8-16(29)9-21(30)25(19)31/h5-13,32H,1-4H3. The number of ether oxygens (including phenoxy) is 1. The van der Waals surface area contributed by atoms with E-state index in [0.29, 0.717) is 34.1 Å². The van der Waals surface area contributed by atoms with Gasteiger partial charge in [0, 0.05) is 60.2 Å². The van der Waals surface area contributed by atoms with Crippen LogP contribution < -0.4 is 15.9 Å². The number of hydrogen-bond acceptors (Lipinski definition) is 3. The summed E-state index contributed by atoms with van der Waals surface area (Å²) in [4.78, 5) is 28.4. The predicted octanol–water partition coefficient (Wildman–Crippen LogP) is 5.73. The first kappa shape index (κ1) is 24.2. The highest BCUT2D eigenvalue weighted by Crippen LogP contribution is 2.39. The Morgan fingerprint density at radius 2 is 1.54 bits per heavy atom. The number of hydrogen-bond donors (Lipinski definition) is 1. The number of halogens is 3. The number of rotatable bonds is 4. The fourth-order valence-electron chi connectivity index (χ4n) is 4.41. The number of aromatic nitrogens is 3. The summed E-state index contributed by atoms with van der Waals surface area (Å²) in [6.07, 6.45) is 3.09. The Morgan fingerprint density at radius 1 is 0.838 bits per heavy atom. The zero-order chi connectivity index (χ0) is 26.6. The lowest BCUT2D eigenvalue weighted by molar-refractivity contribution is 0.470. The van der Waals surface area contributed by atoms with Gasteiger partial charge in [-0.05, 0) is 37.1 Å². The molecule has 3 aromatic heterocycles. The molecule has 0 amide bonds. The summed E-state index contributed by atoms with van der Waals surface area (Å²) in [5.41, 5.74) is 1.57. The highest BCUT2D eigenvalue weighted by molar-refractivity contribution is 5.98. The van der Waals surface area contributed by atoms with Crippen LogP contribution in [0.2, 0.25) is 0 Å². The molecule has 0 radical (unpaired) electrons. The monoisotopic (exact) mass is 505 g/mol. The zero-order valence-corrected chi connectivity index (χ0v) is 20.4. The molecule has 5 rings (SSSR count). The van der Waals surface area contributed by atoms with Gasteiger partial charge in [-0.2, -0.15) is 0 Å². The molecule has 0 aliphatic heterocycles. The molecule has 0 saturated heterocycles. The van der Waals surface area contributed by atoms with Gasteiger partial charge in [0.15, 0.2) is 17.4 Å². The quantitative estimate of drug-likeness (QED) is 0.318.